The highest BCUT2D eigenvalue weighted by atomic mass is 15.1. The molecule has 0 aliphatic rings. The molecule has 3 nitrogen and oxygen atoms in total. The van der Waals surface area contributed by atoms with Gasteiger partial charge in [-0.3, -0.25) is 0 Å². The van der Waals surface area contributed by atoms with E-state index in [0.717, 1.165) is 19.6 Å². The zero-order valence-electron chi connectivity index (χ0n) is 9.11. The molecule has 0 unspecified atom stereocenters. The lowest BCUT2D eigenvalue weighted by atomic mass is 10.2. The van der Waals surface area contributed by atoms with Crippen LogP contribution in [0.5, 0.6) is 0 Å². The predicted molar refractivity (Wildman–Crippen MR) is 61.3 cm³/mol. The van der Waals surface area contributed by atoms with E-state index < -0.39 is 0 Å². The molecule has 0 saturated heterocycles. The molecule has 0 saturated carbocycles. The van der Waals surface area contributed by atoms with Gasteiger partial charge in [0.2, 0.25) is 0 Å². The van der Waals surface area contributed by atoms with Crippen molar-refractivity contribution in [3.05, 3.63) is 35.9 Å². The van der Waals surface area contributed by atoms with Crippen LogP contribution in [0.2, 0.25) is 0 Å². The standard InChI is InChI=1S/C12H17N3/c1-15(10-9-14-8-7-13)11-12-5-3-2-4-6-12/h2-6,14H,8-11H2,1H3. The lowest BCUT2D eigenvalue weighted by molar-refractivity contribution is 0.326. The normalized spacial score (nSPS) is 10.2. The molecule has 1 aromatic carbocycles. The van der Waals surface area contributed by atoms with Crippen LogP contribution in [0.3, 0.4) is 0 Å². The average molecular weight is 203 g/mol. The molecule has 1 rings (SSSR count). The minimum absolute atomic E-state index is 0.430. The Kier molecular flexibility index (Phi) is 5.46. The van der Waals surface area contributed by atoms with E-state index in [0.29, 0.717) is 6.54 Å². The molecular weight excluding hydrogens is 186 g/mol. The van der Waals surface area contributed by atoms with Crippen LogP contribution < -0.4 is 5.32 Å². The Labute approximate surface area is 91.3 Å². The van der Waals surface area contributed by atoms with Gasteiger partial charge in [-0.1, -0.05) is 30.3 Å². The molecule has 0 spiro atoms. The van der Waals surface area contributed by atoms with Gasteiger partial charge in [0.1, 0.15) is 0 Å². The summed E-state index contributed by atoms with van der Waals surface area (Å²) in [6.07, 6.45) is 0. The Morgan fingerprint density at radius 1 is 1.33 bits per heavy atom. The van der Waals surface area contributed by atoms with Gasteiger partial charge in [0.25, 0.3) is 0 Å². The van der Waals surface area contributed by atoms with Crippen molar-refractivity contribution < 1.29 is 0 Å². The van der Waals surface area contributed by atoms with Crippen LogP contribution >= 0.6 is 0 Å². The maximum atomic E-state index is 8.34. The van der Waals surface area contributed by atoms with Crippen LogP contribution in [0, 0.1) is 11.3 Å². The van der Waals surface area contributed by atoms with Gasteiger partial charge in [0.05, 0.1) is 12.6 Å². The van der Waals surface area contributed by atoms with Crippen LogP contribution in [0.15, 0.2) is 30.3 Å². The summed E-state index contributed by atoms with van der Waals surface area (Å²) < 4.78 is 0. The zero-order valence-corrected chi connectivity index (χ0v) is 9.11. The van der Waals surface area contributed by atoms with Gasteiger partial charge in [0, 0.05) is 19.6 Å². The molecule has 0 radical (unpaired) electrons. The molecule has 0 aliphatic heterocycles. The highest BCUT2D eigenvalue weighted by molar-refractivity contribution is 5.14. The summed E-state index contributed by atoms with van der Waals surface area (Å²) in [5.41, 5.74) is 1.32. The van der Waals surface area contributed by atoms with E-state index in [2.05, 4.69) is 47.6 Å². The van der Waals surface area contributed by atoms with Gasteiger partial charge in [-0.2, -0.15) is 5.26 Å². The second kappa shape index (κ2) is 6.99. The van der Waals surface area contributed by atoms with Crippen molar-refractivity contribution in [1.29, 1.82) is 5.26 Å². The fourth-order valence-corrected chi connectivity index (χ4v) is 1.39. The maximum Gasteiger partial charge on any atom is 0.0841 e. The molecule has 0 aliphatic carbocycles. The lowest BCUT2D eigenvalue weighted by Crippen LogP contribution is -2.29. The predicted octanol–water partition coefficient (Wildman–Crippen LogP) is 1.23. The Bertz CT molecular complexity index is 302. The van der Waals surface area contributed by atoms with E-state index in [-0.39, 0.29) is 0 Å². The summed E-state index contributed by atoms with van der Waals surface area (Å²) in [6, 6.07) is 12.4. The highest BCUT2D eigenvalue weighted by Gasteiger charge is 1.98. The van der Waals surface area contributed by atoms with Crippen molar-refractivity contribution in [2.24, 2.45) is 0 Å². The lowest BCUT2D eigenvalue weighted by Gasteiger charge is -2.16. The monoisotopic (exact) mass is 203 g/mol. The molecule has 80 valence electrons. The van der Waals surface area contributed by atoms with Crippen LogP contribution in [0.1, 0.15) is 5.56 Å². The molecule has 0 amide bonds. The van der Waals surface area contributed by atoms with E-state index in [9.17, 15) is 0 Å². The Morgan fingerprint density at radius 2 is 2.07 bits per heavy atom. The van der Waals surface area contributed by atoms with Crippen molar-refractivity contribution in [1.82, 2.24) is 10.2 Å². The quantitative estimate of drug-likeness (QED) is 0.558. The smallest absolute Gasteiger partial charge is 0.0841 e. The Hall–Kier alpha value is -1.37. The fourth-order valence-electron chi connectivity index (χ4n) is 1.39. The Morgan fingerprint density at radius 3 is 2.73 bits per heavy atom. The third-order valence-corrected chi connectivity index (χ3v) is 2.17. The average Bonchev–Trinajstić information content (AvgIpc) is 2.26. The second-order valence-corrected chi connectivity index (χ2v) is 3.56. The first-order chi connectivity index (χ1) is 7.33. The molecule has 0 fully saturated rings. The molecule has 1 N–H and O–H groups in total. The van der Waals surface area contributed by atoms with E-state index in [1.54, 1.807) is 0 Å². The fraction of sp³-hybridized carbons (Fsp3) is 0.417. The van der Waals surface area contributed by atoms with Gasteiger partial charge in [0.15, 0.2) is 0 Å². The number of nitriles is 1. The Balaban J connectivity index is 2.19. The van der Waals surface area contributed by atoms with Crippen molar-refractivity contribution >= 4 is 0 Å². The maximum absolute atomic E-state index is 8.34. The van der Waals surface area contributed by atoms with Crippen LogP contribution in [-0.2, 0) is 6.54 Å². The zero-order chi connectivity index (χ0) is 10.9. The summed E-state index contributed by atoms with van der Waals surface area (Å²) in [6.45, 7) is 3.20. The molecule has 3 heteroatoms. The van der Waals surface area contributed by atoms with E-state index in [1.165, 1.54) is 5.56 Å². The van der Waals surface area contributed by atoms with Gasteiger partial charge in [-0.15, -0.1) is 0 Å². The topological polar surface area (TPSA) is 39.1 Å². The van der Waals surface area contributed by atoms with E-state index in [4.69, 9.17) is 5.26 Å². The number of likely N-dealkylation sites (N-methyl/N-ethyl adjacent to an activating group) is 1. The number of hydrogen-bond acceptors (Lipinski definition) is 3. The first-order valence-electron chi connectivity index (χ1n) is 5.13. The SMILES string of the molecule is CN(CCNCC#N)Cc1ccccc1. The number of nitrogens with one attached hydrogen (secondary N) is 1. The molecule has 1 aromatic rings. The molecule has 15 heavy (non-hydrogen) atoms. The third-order valence-electron chi connectivity index (χ3n) is 2.17. The first-order valence-corrected chi connectivity index (χ1v) is 5.13. The minimum Gasteiger partial charge on any atom is -0.303 e. The van der Waals surface area contributed by atoms with Crippen LogP contribution in [0.4, 0.5) is 0 Å². The molecule has 0 aromatic heterocycles. The summed E-state index contributed by atoms with van der Waals surface area (Å²) >= 11 is 0. The number of nitrogens with zero attached hydrogens (tertiary/aromatic N) is 2. The first kappa shape index (κ1) is 11.7. The third kappa shape index (κ3) is 5.16. The second-order valence-electron chi connectivity index (χ2n) is 3.56. The minimum atomic E-state index is 0.430. The summed E-state index contributed by atoms with van der Waals surface area (Å²) in [5, 5.41) is 11.4. The van der Waals surface area contributed by atoms with Crippen molar-refractivity contribution in [2.45, 2.75) is 6.54 Å². The van der Waals surface area contributed by atoms with Gasteiger partial charge in [-0.05, 0) is 12.6 Å². The van der Waals surface area contributed by atoms with Gasteiger partial charge >= 0.3 is 0 Å². The number of hydrogen-bond donors (Lipinski definition) is 1. The van der Waals surface area contributed by atoms with Gasteiger partial charge in [-0.25, -0.2) is 0 Å². The van der Waals surface area contributed by atoms with Crippen molar-refractivity contribution in [3.63, 3.8) is 0 Å². The van der Waals surface area contributed by atoms with Gasteiger partial charge < -0.3 is 10.2 Å². The summed E-state index contributed by atoms with van der Waals surface area (Å²) in [7, 11) is 2.08. The van der Waals surface area contributed by atoms with Crippen molar-refractivity contribution in [2.75, 3.05) is 26.7 Å². The van der Waals surface area contributed by atoms with Crippen LogP contribution in [0.25, 0.3) is 0 Å². The molecule has 0 heterocycles. The number of rotatable bonds is 6. The highest BCUT2D eigenvalue weighted by Crippen LogP contribution is 2.01. The molecular formula is C12H17N3. The summed E-state index contributed by atoms with van der Waals surface area (Å²) in [4.78, 5) is 2.24. The largest absolute Gasteiger partial charge is 0.303 e. The molecule has 0 bridgehead atoms. The summed E-state index contributed by atoms with van der Waals surface area (Å²) in [5.74, 6) is 0. The van der Waals surface area contributed by atoms with E-state index in [1.807, 2.05) is 6.07 Å². The molecule has 0 atom stereocenters. The van der Waals surface area contributed by atoms with E-state index >= 15 is 0 Å². The number of benzene rings is 1. The van der Waals surface area contributed by atoms with Crippen LogP contribution in [-0.4, -0.2) is 31.6 Å². The van der Waals surface area contributed by atoms with Crippen molar-refractivity contribution in [3.8, 4) is 6.07 Å².